The maximum Gasteiger partial charge on any atom is 0.116 e. The van der Waals surface area contributed by atoms with E-state index in [9.17, 15) is 5.11 Å². The minimum atomic E-state index is 0.335. The summed E-state index contributed by atoms with van der Waals surface area (Å²) in [6.45, 7) is 0. The second kappa shape index (κ2) is 3.60. The first kappa shape index (κ1) is 10.6. The number of nitrogens with zero attached hydrogens (tertiary/aromatic N) is 2. The Hall–Kier alpha value is -2.29. The average Bonchev–Trinajstić information content (AvgIpc) is 2.72. The molecule has 3 aromatic rings. The predicted octanol–water partition coefficient (Wildman–Crippen LogP) is 3.04. The summed E-state index contributed by atoms with van der Waals surface area (Å²) in [5, 5.41) is 10.9. The van der Waals surface area contributed by atoms with Crippen LogP contribution in [0.1, 0.15) is 11.1 Å². The Kier molecular flexibility index (Phi) is 2.01. The number of phenolic OH excluding ortho intramolecular Hbond substituents is 1. The van der Waals surface area contributed by atoms with Crippen LogP contribution in [0.5, 0.6) is 5.75 Å². The summed E-state index contributed by atoms with van der Waals surface area (Å²) in [6.07, 6.45) is 5.84. The van der Waals surface area contributed by atoms with Gasteiger partial charge >= 0.3 is 0 Å². The molecule has 0 atom stereocenters. The highest BCUT2D eigenvalue weighted by Crippen LogP contribution is 2.39. The SMILES string of the molecule is Cn1c2c(c3cc(O)ccc31)CCc1cnccc1-2. The number of benzene rings is 1. The molecule has 2 heterocycles. The first-order chi connectivity index (χ1) is 9.25. The number of aromatic hydroxyl groups is 1. The van der Waals surface area contributed by atoms with E-state index < -0.39 is 0 Å². The maximum atomic E-state index is 9.72. The smallest absolute Gasteiger partial charge is 0.116 e. The second-order valence-electron chi connectivity index (χ2n) is 5.12. The molecule has 3 nitrogen and oxygen atoms in total. The van der Waals surface area contributed by atoms with E-state index >= 15 is 0 Å². The molecule has 1 aliphatic carbocycles. The van der Waals surface area contributed by atoms with Gasteiger partial charge in [0.2, 0.25) is 0 Å². The van der Waals surface area contributed by atoms with E-state index in [0.29, 0.717) is 5.75 Å². The quantitative estimate of drug-likeness (QED) is 0.666. The van der Waals surface area contributed by atoms with E-state index in [1.807, 2.05) is 24.5 Å². The first-order valence-electron chi connectivity index (χ1n) is 6.49. The second-order valence-corrected chi connectivity index (χ2v) is 5.12. The van der Waals surface area contributed by atoms with Crippen LogP contribution < -0.4 is 0 Å². The molecular formula is C16H14N2O. The highest BCUT2D eigenvalue weighted by molar-refractivity contribution is 5.94. The van der Waals surface area contributed by atoms with Crippen LogP contribution in [0, 0.1) is 0 Å². The molecule has 0 radical (unpaired) electrons. The zero-order valence-electron chi connectivity index (χ0n) is 10.7. The summed E-state index contributed by atoms with van der Waals surface area (Å²) >= 11 is 0. The Balaban J connectivity index is 2.14. The van der Waals surface area contributed by atoms with Crippen molar-refractivity contribution in [3.05, 3.63) is 47.8 Å². The fourth-order valence-electron chi connectivity index (χ4n) is 3.22. The van der Waals surface area contributed by atoms with Gasteiger partial charge in [0.15, 0.2) is 0 Å². The van der Waals surface area contributed by atoms with Crippen molar-refractivity contribution in [2.75, 3.05) is 0 Å². The third-order valence-electron chi connectivity index (χ3n) is 4.09. The molecule has 19 heavy (non-hydrogen) atoms. The standard InChI is InChI=1S/C16H14N2O/c1-18-15-5-3-11(19)8-14(15)13-4-2-10-9-17-7-6-12(10)16(13)18/h3,5-9,19H,2,4H2,1H3. The lowest BCUT2D eigenvalue weighted by atomic mass is 9.90. The Morgan fingerprint density at radius 3 is 3.00 bits per heavy atom. The summed E-state index contributed by atoms with van der Waals surface area (Å²) < 4.78 is 2.22. The van der Waals surface area contributed by atoms with E-state index in [4.69, 9.17) is 0 Å². The zero-order valence-corrected chi connectivity index (χ0v) is 10.7. The van der Waals surface area contributed by atoms with E-state index in [1.165, 1.54) is 33.3 Å². The van der Waals surface area contributed by atoms with Crippen LogP contribution in [-0.2, 0) is 19.9 Å². The minimum absolute atomic E-state index is 0.335. The molecule has 0 saturated carbocycles. The molecule has 0 unspecified atom stereocenters. The van der Waals surface area contributed by atoms with Gasteiger partial charge in [-0.05, 0) is 48.2 Å². The summed E-state index contributed by atoms with van der Waals surface area (Å²) in [7, 11) is 2.09. The summed E-state index contributed by atoms with van der Waals surface area (Å²) in [5.41, 5.74) is 6.36. The number of rotatable bonds is 0. The van der Waals surface area contributed by atoms with Gasteiger partial charge in [-0.2, -0.15) is 0 Å². The number of aryl methyl sites for hydroxylation is 3. The molecule has 1 N–H and O–H groups in total. The van der Waals surface area contributed by atoms with Crippen LogP contribution in [0.4, 0.5) is 0 Å². The van der Waals surface area contributed by atoms with Crippen LogP contribution >= 0.6 is 0 Å². The maximum absolute atomic E-state index is 9.72. The van der Waals surface area contributed by atoms with Gasteiger partial charge in [-0.1, -0.05) is 0 Å². The van der Waals surface area contributed by atoms with Crippen LogP contribution in [0.25, 0.3) is 22.2 Å². The van der Waals surface area contributed by atoms with E-state index in [-0.39, 0.29) is 0 Å². The summed E-state index contributed by atoms with van der Waals surface area (Å²) in [6, 6.07) is 7.71. The van der Waals surface area contributed by atoms with Crippen molar-refractivity contribution < 1.29 is 5.11 Å². The summed E-state index contributed by atoms with van der Waals surface area (Å²) in [4.78, 5) is 4.22. The third kappa shape index (κ3) is 1.35. The van der Waals surface area contributed by atoms with Crippen molar-refractivity contribution >= 4 is 10.9 Å². The lowest BCUT2D eigenvalue weighted by Crippen LogP contribution is -2.05. The minimum Gasteiger partial charge on any atom is -0.508 e. The van der Waals surface area contributed by atoms with E-state index in [0.717, 1.165) is 12.8 Å². The van der Waals surface area contributed by atoms with Crippen LogP contribution in [0.2, 0.25) is 0 Å². The van der Waals surface area contributed by atoms with Gasteiger partial charge in [0.1, 0.15) is 5.75 Å². The van der Waals surface area contributed by atoms with Crippen molar-refractivity contribution in [3.8, 4) is 17.0 Å². The molecular weight excluding hydrogens is 236 g/mol. The van der Waals surface area contributed by atoms with Crippen molar-refractivity contribution in [1.29, 1.82) is 0 Å². The first-order valence-corrected chi connectivity index (χ1v) is 6.49. The normalized spacial score (nSPS) is 13.3. The van der Waals surface area contributed by atoms with Gasteiger partial charge in [-0.15, -0.1) is 0 Å². The predicted molar refractivity (Wildman–Crippen MR) is 75.2 cm³/mol. The Labute approximate surface area is 111 Å². The van der Waals surface area contributed by atoms with Gasteiger partial charge in [0.05, 0.1) is 5.69 Å². The van der Waals surface area contributed by atoms with Crippen LogP contribution in [0.3, 0.4) is 0 Å². The highest BCUT2D eigenvalue weighted by Gasteiger charge is 2.22. The van der Waals surface area contributed by atoms with Crippen molar-refractivity contribution in [3.63, 3.8) is 0 Å². The lowest BCUT2D eigenvalue weighted by molar-refractivity contribution is 0.476. The summed E-state index contributed by atoms with van der Waals surface area (Å²) in [5.74, 6) is 0.335. The number of phenols is 1. The molecule has 3 heteroatoms. The van der Waals surface area contributed by atoms with Crippen LogP contribution in [-0.4, -0.2) is 14.7 Å². The zero-order chi connectivity index (χ0) is 13.0. The van der Waals surface area contributed by atoms with Crippen molar-refractivity contribution in [2.45, 2.75) is 12.8 Å². The van der Waals surface area contributed by atoms with Gasteiger partial charge < -0.3 is 9.67 Å². The average molecular weight is 250 g/mol. The number of hydrogen-bond acceptors (Lipinski definition) is 2. The van der Waals surface area contributed by atoms with Gasteiger partial charge in [-0.3, -0.25) is 4.98 Å². The Morgan fingerprint density at radius 1 is 1.21 bits per heavy atom. The molecule has 0 bridgehead atoms. The van der Waals surface area contributed by atoms with Gasteiger partial charge in [0.25, 0.3) is 0 Å². The molecule has 4 rings (SSSR count). The fraction of sp³-hybridized carbons (Fsp3) is 0.188. The molecule has 0 fully saturated rings. The van der Waals surface area contributed by atoms with E-state index in [2.05, 4.69) is 22.7 Å². The third-order valence-corrected chi connectivity index (χ3v) is 4.09. The monoisotopic (exact) mass is 250 g/mol. The number of pyridine rings is 1. The number of aromatic nitrogens is 2. The molecule has 2 aromatic heterocycles. The molecule has 0 saturated heterocycles. The molecule has 0 spiro atoms. The number of fused-ring (bicyclic) bond motifs is 5. The highest BCUT2D eigenvalue weighted by atomic mass is 16.3. The molecule has 94 valence electrons. The Morgan fingerprint density at radius 2 is 2.11 bits per heavy atom. The molecule has 1 aliphatic rings. The van der Waals surface area contributed by atoms with Crippen molar-refractivity contribution in [2.24, 2.45) is 7.05 Å². The lowest BCUT2D eigenvalue weighted by Gasteiger charge is -2.17. The largest absolute Gasteiger partial charge is 0.508 e. The molecule has 0 amide bonds. The van der Waals surface area contributed by atoms with Gasteiger partial charge in [0, 0.05) is 35.9 Å². The van der Waals surface area contributed by atoms with Crippen molar-refractivity contribution in [1.82, 2.24) is 9.55 Å². The van der Waals surface area contributed by atoms with Crippen LogP contribution in [0.15, 0.2) is 36.7 Å². The molecule has 0 aliphatic heterocycles. The van der Waals surface area contributed by atoms with Gasteiger partial charge in [-0.25, -0.2) is 0 Å². The number of hydrogen-bond donors (Lipinski definition) is 1. The topological polar surface area (TPSA) is 38.0 Å². The molecule has 1 aromatic carbocycles. The Bertz CT molecular complexity index is 802. The van der Waals surface area contributed by atoms with E-state index in [1.54, 1.807) is 6.07 Å². The fourth-order valence-corrected chi connectivity index (χ4v) is 3.22.